The fourth-order valence-corrected chi connectivity index (χ4v) is 9.39. The van der Waals surface area contributed by atoms with Crippen molar-refractivity contribution in [2.24, 2.45) is 11.3 Å². The summed E-state index contributed by atoms with van der Waals surface area (Å²) in [6, 6.07) is -3.51. The van der Waals surface area contributed by atoms with Crippen molar-refractivity contribution in [3.8, 4) is 0 Å². The molecule has 0 unspecified atom stereocenters. The van der Waals surface area contributed by atoms with Crippen molar-refractivity contribution >= 4 is 81.8 Å². The molecule has 0 radical (unpaired) electrons. The summed E-state index contributed by atoms with van der Waals surface area (Å²) in [4.78, 5) is 118. The van der Waals surface area contributed by atoms with Gasteiger partial charge in [-0.2, -0.15) is 13.2 Å². The summed E-state index contributed by atoms with van der Waals surface area (Å²) in [6.07, 6.45) is -8.15. The highest BCUT2D eigenvalue weighted by atomic mass is 35.5. The predicted molar refractivity (Wildman–Crippen MR) is 247 cm³/mol. The molecule has 24 heteroatoms. The predicted octanol–water partition coefficient (Wildman–Crippen LogP) is 3.96. The Kier molecular flexibility index (Phi) is 18.8. The number of aromatic nitrogens is 1. The van der Waals surface area contributed by atoms with Gasteiger partial charge >= 0.3 is 6.18 Å². The molecule has 3 fully saturated rings. The maximum absolute atomic E-state index is 14.9. The van der Waals surface area contributed by atoms with E-state index in [1.807, 2.05) is 13.8 Å². The van der Waals surface area contributed by atoms with Crippen LogP contribution in [0.5, 0.6) is 0 Å². The lowest BCUT2D eigenvalue weighted by Gasteiger charge is -2.34. The van der Waals surface area contributed by atoms with Gasteiger partial charge < -0.3 is 41.3 Å². The van der Waals surface area contributed by atoms with Gasteiger partial charge in [0.15, 0.2) is 0 Å². The van der Waals surface area contributed by atoms with Crippen LogP contribution in [0.25, 0.3) is 0 Å². The van der Waals surface area contributed by atoms with Crippen LogP contribution in [0.1, 0.15) is 94.6 Å². The van der Waals surface area contributed by atoms with Gasteiger partial charge in [-0.15, -0.1) is 11.3 Å². The molecule has 3 heterocycles. The van der Waals surface area contributed by atoms with E-state index in [2.05, 4.69) is 31.6 Å². The maximum Gasteiger partial charge on any atom is 0.403 e. The second-order valence-corrected chi connectivity index (χ2v) is 19.9. The number of nitrogens with zero attached hydrogens (tertiary/aromatic N) is 4. The molecule has 69 heavy (non-hydrogen) atoms. The van der Waals surface area contributed by atoms with Gasteiger partial charge in [-0.25, -0.2) is 9.37 Å². The Bertz CT molecular complexity index is 2220. The highest BCUT2D eigenvalue weighted by Gasteiger charge is 2.70. The highest BCUT2D eigenvalue weighted by Crippen LogP contribution is 2.59. The van der Waals surface area contributed by atoms with Crippen LogP contribution in [-0.4, -0.2) is 149 Å². The third-order valence-corrected chi connectivity index (χ3v) is 13.8. The largest absolute Gasteiger partial charge is 0.403 e. The fraction of sp³-hybridized carbons (Fsp3) is 0.622. The van der Waals surface area contributed by atoms with Crippen molar-refractivity contribution in [2.45, 2.75) is 134 Å². The number of alkyl halides is 4. The zero-order valence-electron chi connectivity index (χ0n) is 38.9. The molecule has 1 aromatic carbocycles. The second kappa shape index (κ2) is 23.7. The molecule has 0 bridgehead atoms. The molecular formula is C45H59Cl2F4N9O8S. The maximum atomic E-state index is 14.9. The molecule has 1 aromatic heterocycles. The molecule has 5 N–H and O–H groups in total. The summed E-state index contributed by atoms with van der Waals surface area (Å²) >= 11 is 14.0. The quantitative estimate of drug-likeness (QED) is 0.137. The number of thiazole rings is 1. The number of hydrogen-bond donors (Lipinski definition) is 5. The van der Waals surface area contributed by atoms with E-state index in [9.17, 15) is 55.9 Å². The smallest absolute Gasteiger partial charge is 0.351 e. The minimum absolute atomic E-state index is 0.0332. The van der Waals surface area contributed by atoms with Crippen LogP contribution < -0.4 is 26.6 Å². The van der Waals surface area contributed by atoms with Crippen LogP contribution in [0.15, 0.2) is 29.1 Å². The SMILES string of the molecule is CC(C)C[C@@H]1NC(=O)[C@@H](NC(=O)[C@H](CCCNC(=O)c2cscn2)NC(=O)[C@@H]2C[C@@H](F)CN2C(=O)C2(C(F)(F)F)CC2)CCCCN(C)C(=O)[C@@H](C)NC(=O)[C@H](Cc2cc(Cl)ccc2Cl)N(C)C1=O. The first-order valence-corrected chi connectivity index (χ1v) is 24.5. The molecule has 7 atom stereocenters. The number of benzene rings is 1. The van der Waals surface area contributed by atoms with E-state index in [0.29, 0.717) is 21.9 Å². The molecule has 2 aromatic rings. The van der Waals surface area contributed by atoms with E-state index in [4.69, 9.17) is 23.2 Å². The third kappa shape index (κ3) is 14.0. The van der Waals surface area contributed by atoms with Crippen LogP contribution in [0.3, 0.4) is 0 Å². The van der Waals surface area contributed by atoms with Crippen molar-refractivity contribution in [3.05, 3.63) is 50.4 Å². The van der Waals surface area contributed by atoms with Gasteiger partial charge in [-0.3, -0.25) is 38.4 Å². The van der Waals surface area contributed by atoms with E-state index in [0.717, 1.165) is 4.90 Å². The number of likely N-dealkylation sites (tertiary alicyclic amines) is 1. The van der Waals surface area contributed by atoms with Gasteiger partial charge in [0.25, 0.3) is 5.91 Å². The average molecular weight is 1030 g/mol. The number of nitrogens with one attached hydrogen (secondary N) is 5. The monoisotopic (exact) mass is 1030 g/mol. The van der Waals surface area contributed by atoms with Gasteiger partial charge in [0.2, 0.25) is 41.4 Å². The summed E-state index contributed by atoms with van der Waals surface area (Å²) in [7, 11) is 2.90. The van der Waals surface area contributed by atoms with Crippen molar-refractivity contribution in [1.82, 2.24) is 46.3 Å². The summed E-state index contributed by atoms with van der Waals surface area (Å²) < 4.78 is 57.0. The van der Waals surface area contributed by atoms with Crippen LogP contribution in [0, 0.1) is 11.3 Å². The molecular weight excluding hydrogens is 974 g/mol. The minimum Gasteiger partial charge on any atom is -0.351 e. The van der Waals surface area contributed by atoms with Crippen molar-refractivity contribution in [2.75, 3.05) is 33.7 Å². The number of likely N-dealkylation sites (N-methyl/N-ethyl adjacent to an activating group) is 2. The summed E-state index contributed by atoms with van der Waals surface area (Å²) in [5.74, 6) is -6.80. The summed E-state index contributed by atoms with van der Waals surface area (Å²) in [5.41, 5.74) is -0.710. The molecule has 380 valence electrons. The van der Waals surface area contributed by atoms with Crippen molar-refractivity contribution in [1.29, 1.82) is 0 Å². The first kappa shape index (κ1) is 54.8. The number of halogens is 6. The Labute approximate surface area is 411 Å². The average Bonchev–Trinajstić information content (AvgIpc) is 3.76. The van der Waals surface area contributed by atoms with E-state index in [1.54, 1.807) is 12.1 Å². The Hall–Kier alpha value is -5.09. The summed E-state index contributed by atoms with van der Waals surface area (Å²) in [5, 5.41) is 15.4. The number of rotatable bonds is 14. The van der Waals surface area contributed by atoms with Gasteiger partial charge in [0.1, 0.15) is 53.5 Å². The van der Waals surface area contributed by atoms with Gasteiger partial charge in [-0.05, 0) is 88.0 Å². The van der Waals surface area contributed by atoms with Crippen LogP contribution >= 0.6 is 34.5 Å². The molecule has 3 aliphatic rings. The third-order valence-electron chi connectivity index (χ3n) is 12.6. The number of hydrogen-bond acceptors (Lipinski definition) is 10. The lowest BCUT2D eigenvalue weighted by atomic mass is 9.98. The Morgan fingerprint density at radius 3 is 2.36 bits per heavy atom. The van der Waals surface area contributed by atoms with E-state index < -0.39 is 127 Å². The molecule has 1 saturated carbocycles. The summed E-state index contributed by atoms with van der Waals surface area (Å²) in [6.45, 7) is 4.50. The molecule has 5 rings (SSSR count). The number of amides is 8. The van der Waals surface area contributed by atoms with Crippen LogP contribution in [-0.2, 0) is 40.0 Å². The minimum atomic E-state index is -4.94. The molecule has 0 spiro atoms. The van der Waals surface area contributed by atoms with Crippen molar-refractivity contribution < 1.29 is 55.9 Å². The first-order chi connectivity index (χ1) is 32.4. The lowest BCUT2D eigenvalue weighted by Crippen LogP contribution is -2.60. The number of carbonyl (C=O) groups excluding carboxylic acids is 8. The normalized spacial score (nSPS) is 24.4. The standard InChI is InChI=1S/C45H59Cl2F4N9O8S/c1-24(2)17-32-42(67)59(5)34(19-26-18-27(46)11-12-29(26)47)39(64)54-25(3)41(66)58(4)16-7-6-9-30(38(63)57-32)55-37(62)31(10-8-15-52-36(61)33-22-69-23-53-33)56-40(65)35-20-28(48)21-60(35)43(68)44(13-14-44)45(49,50)51/h11-12,18,22-25,28,30-32,34-35H,6-10,13-17,19-21H2,1-5H3,(H,52,61)(H,54,64)(H,55,62)(H,56,65)(H,57,63)/t25-,28-,30+,31+,32+,34+,35+/m1/s1. The van der Waals surface area contributed by atoms with Gasteiger partial charge in [0, 0.05) is 55.5 Å². The van der Waals surface area contributed by atoms with E-state index >= 15 is 0 Å². The first-order valence-electron chi connectivity index (χ1n) is 22.8. The van der Waals surface area contributed by atoms with Gasteiger partial charge in [-0.1, -0.05) is 37.0 Å². The Morgan fingerprint density at radius 2 is 1.72 bits per heavy atom. The van der Waals surface area contributed by atoms with E-state index in [1.165, 1.54) is 54.2 Å². The van der Waals surface area contributed by atoms with Crippen molar-refractivity contribution in [3.63, 3.8) is 0 Å². The zero-order chi connectivity index (χ0) is 51.0. The zero-order valence-corrected chi connectivity index (χ0v) is 41.3. The second-order valence-electron chi connectivity index (χ2n) is 18.4. The molecule has 2 saturated heterocycles. The highest BCUT2D eigenvalue weighted by molar-refractivity contribution is 7.07. The topological polar surface area (TPSA) is 219 Å². The Morgan fingerprint density at radius 1 is 1.01 bits per heavy atom. The van der Waals surface area contributed by atoms with Crippen LogP contribution in [0.4, 0.5) is 17.6 Å². The molecule has 8 amide bonds. The van der Waals surface area contributed by atoms with Gasteiger partial charge in [0.05, 0.1) is 12.1 Å². The molecule has 1 aliphatic carbocycles. The molecule has 17 nitrogen and oxygen atoms in total. The van der Waals surface area contributed by atoms with Crippen LogP contribution in [0.2, 0.25) is 10.0 Å². The molecule has 2 aliphatic heterocycles. The fourth-order valence-electron chi connectivity index (χ4n) is 8.47. The number of carbonyl (C=O) groups is 8. The lowest BCUT2D eigenvalue weighted by molar-refractivity contribution is -0.199. The Balaban J connectivity index is 1.43. The van der Waals surface area contributed by atoms with E-state index in [-0.39, 0.29) is 68.2 Å².